The summed E-state index contributed by atoms with van der Waals surface area (Å²) < 4.78 is 10.8. The summed E-state index contributed by atoms with van der Waals surface area (Å²) in [6.45, 7) is 1.78. The Balaban J connectivity index is 1.66. The monoisotopic (exact) mass is 354 g/mol. The number of thioether (sulfide) groups is 1. The molecule has 2 heterocycles. The van der Waals surface area contributed by atoms with E-state index in [1.54, 1.807) is 31.4 Å². The number of amides is 1. The number of carbonyl (C=O) groups is 1. The second-order valence-electron chi connectivity index (χ2n) is 5.03. The van der Waals surface area contributed by atoms with Gasteiger partial charge in [-0.25, -0.2) is 0 Å². The third-order valence-corrected chi connectivity index (χ3v) is 4.22. The van der Waals surface area contributed by atoms with Crippen molar-refractivity contribution in [3.8, 4) is 17.5 Å². The number of rotatable bonds is 6. The number of nitriles is 1. The van der Waals surface area contributed by atoms with Gasteiger partial charge in [0.15, 0.2) is 0 Å². The van der Waals surface area contributed by atoms with E-state index in [1.165, 1.54) is 4.90 Å². The standard InChI is InChI=1S/C17H14N4O3S/c1-12-14(7-10-23-12)16-19-20-17(24-16)25-11-15(22)21(9-8-18)13-5-3-2-4-6-13/h2-7,10H,9,11H2,1H3. The van der Waals surface area contributed by atoms with Crippen LogP contribution in [0.5, 0.6) is 0 Å². The molecule has 7 nitrogen and oxygen atoms in total. The highest BCUT2D eigenvalue weighted by atomic mass is 32.2. The molecule has 0 bridgehead atoms. The predicted molar refractivity (Wildman–Crippen MR) is 91.9 cm³/mol. The number of aryl methyl sites for hydroxylation is 1. The quantitative estimate of drug-likeness (QED) is 0.495. The number of hydrogen-bond donors (Lipinski definition) is 0. The van der Waals surface area contributed by atoms with E-state index in [0.29, 0.717) is 17.3 Å². The highest BCUT2D eigenvalue weighted by molar-refractivity contribution is 7.99. The first-order valence-electron chi connectivity index (χ1n) is 7.42. The third kappa shape index (κ3) is 3.89. The molecule has 8 heteroatoms. The van der Waals surface area contributed by atoms with E-state index < -0.39 is 0 Å². The fourth-order valence-corrected chi connectivity index (χ4v) is 2.83. The summed E-state index contributed by atoms with van der Waals surface area (Å²) in [6.07, 6.45) is 1.55. The van der Waals surface area contributed by atoms with E-state index >= 15 is 0 Å². The van der Waals surface area contributed by atoms with Crippen molar-refractivity contribution in [1.29, 1.82) is 5.26 Å². The van der Waals surface area contributed by atoms with Gasteiger partial charge in [-0.3, -0.25) is 9.69 Å². The molecule has 25 heavy (non-hydrogen) atoms. The fourth-order valence-electron chi connectivity index (χ4n) is 2.19. The Morgan fingerprint density at radius 3 is 2.76 bits per heavy atom. The molecule has 0 saturated heterocycles. The van der Waals surface area contributed by atoms with Crippen LogP contribution in [-0.2, 0) is 4.79 Å². The lowest BCUT2D eigenvalue weighted by Gasteiger charge is -2.18. The highest BCUT2D eigenvalue weighted by Crippen LogP contribution is 2.26. The van der Waals surface area contributed by atoms with Crippen molar-refractivity contribution in [1.82, 2.24) is 10.2 Å². The summed E-state index contributed by atoms with van der Waals surface area (Å²) in [7, 11) is 0. The Morgan fingerprint density at radius 1 is 1.28 bits per heavy atom. The van der Waals surface area contributed by atoms with Crippen molar-refractivity contribution < 1.29 is 13.6 Å². The lowest BCUT2D eigenvalue weighted by atomic mass is 10.3. The van der Waals surface area contributed by atoms with Gasteiger partial charge in [-0.15, -0.1) is 10.2 Å². The topological polar surface area (TPSA) is 96.2 Å². The van der Waals surface area contributed by atoms with Gasteiger partial charge in [-0.1, -0.05) is 30.0 Å². The van der Waals surface area contributed by atoms with Crippen molar-refractivity contribution in [3.63, 3.8) is 0 Å². The molecule has 0 aliphatic heterocycles. The number of para-hydroxylation sites is 1. The summed E-state index contributed by atoms with van der Waals surface area (Å²) in [6, 6.07) is 12.8. The summed E-state index contributed by atoms with van der Waals surface area (Å²) in [5.74, 6) is 0.901. The molecule has 3 rings (SSSR count). The zero-order chi connectivity index (χ0) is 17.6. The van der Waals surface area contributed by atoms with Gasteiger partial charge in [0.05, 0.1) is 23.6 Å². The number of anilines is 1. The number of nitrogens with zero attached hydrogens (tertiary/aromatic N) is 4. The fraction of sp³-hybridized carbons (Fsp3) is 0.176. The molecule has 0 unspecified atom stereocenters. The lowest BCUT2D eigenvalue weighted by Crippen LogP contribution is -2.32. The molecule has 126 valence electrons. The Bertz CT molecular complexity index is 898. The van der Waals surface area contributed by atoms with Crippen molar-refractivity contribution >= 4 is 23.4 Å². The Kier molecular flexibility index (Phi) is 5.16. The maximum Gasteiger partial charge on any atom is 0.277 e. The average Bonchev–Trinajstić information content (AvgIpc) is 3.27. The molecule has 0 saturated carbocycles. The van der Waals surface area contributed by atoms with Gasteiger partial charge in [-0.2, -0.15) is 5.26 Å². The van der Waals surface area contributed by atoms with E-state index in [9.17, 15) is 4.79 Å². The molecule has 0 radical (unpaired) electrons. The predicted octanol–water partition coefficient (Wildman–Crippen LogP) is 3.29. The summed E-state index contributed by atoms with van der Waals surface area (Å²) in [5, 5.41) is 17.1. The minimum atomic E-state index is -0.211. The zero-order valence-corrected chi connectivity index (χ0v) is 14.2. The number of aromatic nitrogens is 2. The molecule has 0 spiro atoms. The molecular weight excluding hydrogens is 340 g/mol. The molecule has 0 N–H and O–H groups in total. The van der Waals surface area contributed by atoms with E-state index in [-0.39, 0.29) is 23.4 Å². The Hall–Kier alpha value is -3.05. The summed E-state index contributed by atoms with van der Waals surface area (Å²) in [4.78, 5) is 13.9. The van der Waals surface area contributed by atoms with Crippen LogP contribution in [0, 0.1) is 18.3 Å². The third-order valence-electron chi connectivity index (χ3n) is 3.41. The van der Waals surface area contributed by atoms with Gasteiger partial charge in [0.2, 0.25) is 5.91 Å². The minimum Gasteiger partial charge on any atom is -0.469 e. The van der Waals surface area contributed by atoms with Gasteiger partial charge in [-0.05, 0) is 25.1 Å². The van der Waals surface area contributed by atoms with Crippen LogP contribution in [0.3, 0.4) is 0 Å². The molecule has 1 aromatic carbocycles. The van der Waals surface area contributed by atoms with Gasteiger partial charge in [0.25, 0.3) is 11.1 Å². The van der Waals surface area contributed by atoms with E-state index in [2.05, 4.69) is 10.2 Å². The van der Waals surface area contributed by atoms with Crippen LogP contribution in [0.4, 0.5) is 5.69 Å². The van der Waals surface area contributed by atoms with Crippen molar-refractivity contribution in [2.45, 2.75) is 12.1 Å². The van der Waals surface area contributed by atoms with Crippen LogP contribution in [0.2, 0.25) is 0 Å². The van der Waals surface area contributed by atoms with Crippen LogP contribution in [0.1, 0.15) is 5.76 Å². The van der Waals surface area contributed by atoms with Gasteiger partial charge >= 0.3 is 0 Å². The van der Waals surface area contributed by atoms with E-state index in [0.717, 1.165) is 17.3 Å². The second-order valence-corrected chi connectivity index (χ2v) is 5.95. The molecular formula is C17H14N4O3S. The zero-order valence-electron chi connectivity index (χ0n) is 13.4. The van der Waals surface area contributed by atoms with Crippen LogP contribution in [0.25, 0.3) is 11.5 Å². The molecule has 0 aliphatic rings. The molecule has 2 aromatic heterocycles. The summed E-state index contributed by atoms with van der Waals surface area (Å²) >= 11 is 1.13. The van der Waals surface area contributed by atoms with Gasteiger partial charge in [0.1, 0.15) is 12.3 Å². The first kappa shape index (κ1) is 16.8. The van der Waals surface area contributed by atoms with Gasteiger partial charge < -0.3 is 8.83 Å². The van der Waals surface area contributed by atoms with Crippen molar-refractivity contribution in [2.75, 3.05) is 17.2 Å². The molecule has 0 fully saturated rings. The highest BCUT2D eigenvalue weighted by Gasteiger charge is 2.18. The van der Waals surface area contributed by atoms with Crippen LogP contribution < -0.4 is 4.90 Å². The van der Waals surface area contributed by atoms with Crippen molar-refractivity contribution in [2.24, 2.45) is 0 Å². The van der Waals surface area contributed by atoms with Crippen LogP contribution in [0.15, 0.2) is 56.7 Å². The number of hydrogen-bond acceptors (Lipinski definition) is 7. The van der Waals surface area contributed by atoms with Gasteiger partial charge in [0, 0.05) is 5.69 Å². The SMILES string of the molecule is Cc1occc1-c1nnc(SCC(=O)N(CC#N)c2ccccc2)o1. The lowest BCUT2D eigenvalue weighted by molar-refractivity contribution is -0.116. The second kappa shape index (κ2) is 7.68. The van der Waals surface area contributed by atoms with Crippen LogP contribution >= 0.6 is 11.8 Å². The molecule has 3 aromatic rings. The normalized spacial score (nSPS) is 10.4. The number of benzene rings is 1. The molecule has 0 aliphatic carbocycles. The largest absolute Gasteiger partial charge is 0.469 e. The number of furan rings is 1. The molecule has 1 amide bonds. The molecule has 0 atom stereocenters. The smallest absolute Gasteiger partial charge is 0.277 e. The summed E-state index contributed by atoms with van der Waals surface area (Å²) in [5.41, 5.74) is 1.40. The minimum absolute atomic E-state index is 0.0211. The Morgan fingerprint density at radius 2 is 2.08 bits per heavy atom. The maximum absolute atomic E-state index is 12.4. The van der Waals surface area contributed by atoms with Crippen molar-refractivity contribution in [3.05, 3.63) is 48.4 Å². The average molecular weight is 354 g/mol. The van der Waals surface area contributed by atoms with E-state index in [4.69, 9.17) is 14.1 Å². The Labute approximate surface area is 148 Å². The van der Waals surface area contributed by atoms with Crippen LogP contribution in [-0.4, -0.2) is 28.4 Å². The van der Waals surface area contributed by atoms with E-state index in [1.807, 2.05) is 24.3 Å². The first-order valence-corrected chi connectivity index (χ1v) is 8.40. The maximum atomic E-state index is 12.4. The first-order chi connectivity index (χ1) is 12.2. The number of carbonyl (C=O) groups excluding carboxylic acids is 1.